The van der Waals surface area contributed by atoms with Crippen LogP contribution in [0.15, 0.2) is 30.3 Å². The Morgan fingerprint density at radius 2 is 2.14 bits per heavy atom. The summed E-state index contributed by atoms with van der Waals surface area (Å²) in [6.07, 6.45) is 0. The highest BCUT2D eigenvalue weighted by Gasteiger charge is 2.37. The Balaban J connectivity index is 1.94. The number of rotatable bonds is 4. The molecule has 1 unspecified atom stereocenters. The molecule has 1 fully saturated rings. The molecule has 1 saturated heterocycles. The molecule has 1 aromatic rings. The largest absolute Gasteiger partial charge is 0.383 e. The zero-order valence-corrected chi connectivity index (χ0v) is 8.81. The number of nitrogens with zero attached hydrogens (tertiary/aromatic N) is 1. The second kappa shape index (κ2) is 4.11. The van der Waals surface area contributed by atoms with Crippen LogP contribution >= 0.6 is 0 Å². The van der Waals surface area contributed by atoms with Crippen molar-refractivity contribution in [2.45, 2.75) is 19.0 Å². The summed E-state index contributed by atoms with van der Waals surface area (Å²) in [5.74, 6) is 0. The van der Waals surface area contributed by atoms with Crippen molar-refractivity contribution in [3.8, 4) is 0 Å². The summed E-state index contributed by atoms with van der Waals surface area (Å²) in [5, 5.41) is 0. The van der Waals surface area contributed by atoms with Gasteiger partial charge in [0.25, 0.3) is 0 Å². The van der Waals surface area contributed by atoms with Crippen molar-refractivity contribution in [3.63, 3.8) is 0 Å². The van der Waals surface area contributed by atoms with Crippen molar-refractivity contribution in [1.82, 2.24) is 4.90 Å². The van der Waals surface area contributed by atoms with Gasteiger partial charge < -0.3 is 4.74 Å². The molecule has 3 atom stereocenters. The van der Waals surface area contributed by atoms with E-state index in [0.29, 0.717) is 12.1 Å². The molecule has 2 nitrogen and oxygen atoms in total. The number of methoxy groups -OCH3 is 1. The van der Waals surface area contributed by atoms with Crippen molar-refractivity contribution < 1.29 is 4.74 Å². The second-order valence-corrected chi connectivity index (χ2v) is 3.89. The maximum absolute atomic E-state index is 5.14. The van der Waals surface area contributed by atoms with Crippen LogP contribution in [0.2, 0.25) is 0 Å². The molecule has 1 aliphatic rings. The lowest BCUT2D eigenvalue weighted by atomic mass is 10.1. The van der Waals surface area contributed by atoms with Crippen LogP contribution in [0.25, 0.3) is 0 Å². The number of ether oxygens (including phenoxy) is 1. The molecule has 0 bridgehead atoms. The van der Waals surface area contributed by atoms with Crippen LogP contribution in [0, 0.1) is 0 Å². The first-order valence-electron chi connectivity index (χ1n) is 5.12. The molecule has 0 saturated carbocycles. The van der Waals surface area contributed by atoms with Crippen molar-refractivity contribution >= 4 is 0 Å². The van der Waals surface area contributed by atoms with Gasteiger partial charge in [0, 0.05) is 25.7 Å². The van der Waals surface area contributed by atoms with Crippen molar-refractivity contribution in [2.24, 2.45) is 0 Å². The van der Waals surface area contributed by atoms with Gasteiger partial charge in [0.15, 0.2) is 0 Å². The van der Waals surface area contributed by atoms with Gasteiger partial charge in [-0.15, -0.1) is 0 Å². The Morgan fingerprint density at radius 3 is 2.79 bits per heavy atom. The third-order valence-corrected chi connectivity index (χ3v) is 2.90. The molecule has 0 radical (unpaired) electrons. The van der Waals surface area contributed by atoms with Gasteiger partial charge in [-0.25, -0.2) is 0 Å². The molecule has 0 amide bonds. The number of hydrogen-bond acceptors (Lipinski definition) is 2. The van der Waals surface area contributed by atoms with Gasteiger partial charge >= 0.3 is 0 Å². The molecule has 0 N–H and O–H groups in total. The first-order chi connectivity index (χ1) is 6.83. The topological polar surface area (TPSA) is 12.2 Å². The fourth-order valence-corrected chi connectivity index (χ4v) is 1.93. The van der Waals surface area contributed by atoms with Gasteiger partial charge in [0.1, 0.15) is 0 Å². The van der Waals surface area contributed by atoms with E-state index in [1.807, 2.05) is 0 Å². The molecule has 0 spiro atoms. The smallest absolute Gasteiger partial charge is 0.0630 e. The summed E-state index contributed by atoms with van der Waals surface area (Å²) in [4.78, 5) is 2.46. The summed E-state index contributed by atoms with van der Waals surface area (Å²) in [5.41, 5.74) is 1.39. The van der Waals surface area contributed by atoms with Crippen LogP contribution in [0.4, 0.5) is 0 Å². The van der Waals surface area contributed by atoms with E-state index in [9.17, 15) is 0 Å². The molecule has 2 heteroatoms. The maximum atomic E-state index is 5.14. The molecule has 1 aromatic carbocycles. The highest BCUT2D eigenvalue weighted by atomic mass is 16.5. The quantitative estimate of drug-likeness (QED) is 0.675. The predicted molar refractivity (Wildman–Crippen MR) is 57.2 cm³/mol. The lowest BCUT2D eigenvalue weighted by Crippen LogP contribution is -2.11. The van der Waals surface area contributed by atoms with Crippen LogP contribution in [-0.2, 0) is 4.74 Å². The standard InChI is InChI=1S/C12H17NO/c1-10(11-6-4-3-5-7-11)13-8-12(13)9-14-2/h3-7,10,12H,8-9H2,1-2H3/t10-,12-,13?/m1/s1. The van der Waals surface area contributed by atoms with Gasteiger partial charge in [-0.3, -0.25) is 4.90 Å². The van der Waals surface area contributed by atoms with Crippen LogP contribution in [0.5, 0.6) is 0 Å². The third-order valence-electron chi connectivity index (χ3n) is 2.90. The molecule has 76 valence electrons. The minimum atomic E-state index is 0.524. The zero-order chi connectivity index (χ0) is 9.97. The Morgan fingerprint density at radius 1 is 1.43 bits per heavy atom. The average Bonchev–Trinajstić information content (AvgIpc) is 2.98. The monoisotopic (exact) mass is 191 g/mol. The highest BCUT2D eigenvalue weighted by Crippen LogP contribution is 2.31. The lowest BCUT2D eigenvalue weighted by molar-refractivity contribution is 0.182. The third kappa shape index (κ3) is 1.97. The van der Waals surface area contributed by atoms with Gasteiger partial charge in [-0.05, 0) is 12.5 Å². The second-order valence-electron chi connectivity index (χ2n) is 3.89. The van der Waals surface area contributed by atoms with Crippen LogP contribution in [0.1, 0.15) is 18.5 Å². The molecule has 0 aliphatic carbocycles. The molecule has 2 rings (SSSR count). The Hall–Kier alpha value is -0.860. The highest BCUT2D eigenvalue weighted by molar-refractivity contribution is 5.20. The van der Waals surface area contributed by atoms with E-state index in [4.69, 9.17) is 4.74 Å². The summed E-state index contributed by atoms with van der Waals surface area (Å²) in [7, 11) is 1.77. The van der Waals surface area contributed by atoms with Crippen molar-refractivity contribution in [2.75, 3.05) is 20.3 Å². The van der Waals surface area contributed by atoms with Gasteiger partial charge in [-0.2, -0.15) is 0 Å². The van der Waals surface area contributed by atoms with Crippen molar-refractivity contribution in [1.29, 1.82) is 0 Å². The average molecular weight is 191 g/mol. The maximum Gasteiger partial charge on any atom is 0.0630 e. The van der Waals surface area contributed by atoms with E-state index in [0.717, 1.165) is 6.61 Å². The Labute approximate surface area is 85.5 Å². The van der Waals surface area contributed by atoms with E-state index in [1.165, 1.54) is 12.1 Å². The summed E-state index contributed by atoms with van der Waals surface area (Å²) >= 11 is 0. The molecular formula is C12H17NO. The number of hydrogen-bond donors (Lipinski definition) is 0. The Kier molecular flexibility index (Phi) is 2.85. The Bertz CT molecular complexity index is 286. The molecule has 0 aromatic heterocycles. The van der Waals surface area contributed by atoms with Crippen LogP contribution < -0.4 is 0 Å². The zero-order valence-electron chi connectivity index (χ0n) is 8.81. The van der Waals surface area contributed by atoms with Crippen LogP contribution in [-0.4, -0.2) is 31.2 Å². The summed E-state index contributed by atoms with van der Waals surface area (Å²) < 4.78 is 5.14. The predicted octanol–water partition coefficient (Wildman–Crippen LogP) is 2.08. The first kappa shape index (κ1) is 9.69. The van der Waals surface area contributed by atoms with E-state index < -0.39 is 0 Å². The van der Waals surface area contributed by atoms with Gasteiger partial charge in [-0.1, -0.05) is 30.3 Å². The fraction of sp³-hybridized carbons (Fsp3) is 0.500. The number of benzene rings is 1. The van der Waals surface area contributed by atoms with E-state index in [2.05, 4.69) is 42.2 Å². The lowest BCUT2D eigenvalue weighted by Gasteiger charge is -2.14. The molecule has 1 heterocycles. The van der Waals surface area contributed by atoms with E-state index >= 15 is 0 Å². The minimum Gasteiger partial charge on any atom is -0.383 e. The van der Waals surface area contributed by atoms with Gasteiger partial charge in [0.2, 0.25) is 0 Å². The van der Waals surface area contributed by atoms with Crippen LogP contribution in [0.3, 0.4) is 0 Å². The molecule has 1 aliphatic heterocycles. The minimum absolute atomic E-state index is 0.524. The van der Waals surface area contributed by atoms with Crippen molar-refractivity contribution in [3.05, 3.63) is 35.9 Å². The molecular weight excluding hydrogens is 174 g/mol. The summed E-state index contributed by atoms with van der Waals surface area (Å²) in [6, 6.07) is 11.8. The van der Waals surface area contributed by atoms with E-state index in [-0.39, 0.29) is 0 Å². The van der Waals surface area contributed by atoms with Gasteiger partial charge in [0.05, 0.1) is 6.61 Å². The first-order valence-corrected chi connectivity index (χ1v) is 5.12. The summed E-state index contributed by atoms with van der Waals surface area (Å²) in [6.45, 7) is 4.28. The fourth-order valence-electron chi connectivity index (χ4n) is 1.93. The SMILES string of the molecule is COC[C@H]1CN1[C@H](C)c1ccccc1. The van der Waals surface area contributed by atoms with E-state index in [1.54, 1.807) is 7.11 Å². The normalized spacial score (nSPS) is 27.3. The molecule has 14 heavy (non-hydrogen) atoms.